The molecule has 2 aliphatic rings. The van der Waals surface area contributed by atoms with Crippen LogP contribution >= 0.6 is 22.7 Å². The second-order valence-corrected chi connectivity index (χ2v) is 15.2. The second-order valence-electron chi connectivity index (χ2n) is 13.5. The minimum Gasteiger partial charge on any atom is -0.493 e. The number of nitrogens with zero attached hydrogens (tertiary/aromatic N) is 8. The molecule has 18 nitrogen and oxygen atoms in total. The minimum absolute atomic E-state index is 0.0669. The highest BCUT2D eigenvalue weighted by Crippen LogP contribution is 2.36. The van der Waals surface area contributed by atoms with Gasteiger partial charge in [-0.1, -0.05) is 0 Å². The van der Waals surface area contributed by atoms with Crippen LogP contribution in [-0.2, 0) is 14.3 Å². The van der Waals surface area contributed by atoms with Crippen LogP contribution in [0.4, 0.5) is 34.9 Å². The molecule has 2 fully saturated rings. The van der Waals surface area contributed by atoms with Crippen LogP contribution in [0.2, 0.25) is 0 Å². The highest BCUT2D eigenvalue weighted by molar-refractivity contribution is 7.16. The summed E-state index contributed by atoms with van der Waals surface area (Å²) in [4.78, 5) is 56.3. The largest absolute Gasteiger partial charge is 0.493 e. The molecule has 20 heteroatoms. The molecule has 2 aliphatic heterocycles. The van der Waals surface area contributed by atoms with Gasteiger partial charge in [-0.2, -0.15) is 19.9 Å². The van der Waals surface area contributed by atoms with Gasteiger partial charge in [0.15, 0.2) is 44.3 Å². The lowest BCUT2D eigenvalue weighted by molar-refractivity contribution is -0.146. The van der Waals surface area contributed by atoms with Crippen molar-refractivity contribution in [2.45, 2.75) is 25.7 Å². The van der Waals surface area contributed by atoms with E-state index in [1.54, 1.807) is 39.5 Å². The van der Waals surface area contributed by atoms with E-state index in [0.29, 0.717) is 96.6 Å². The molecule has 59 heavy (non-hydrogen) atoms. The Morgan fingerprint density at radius 3 is 1.44 bits per heavy atom. The number of piperidine rings is 2. The van der Waals surface area contributed by atoms with Crippen LogP contribution in [-0.4, -0.2) is 109 Å². The van der Waals surface area contributed by atoms with Crippen molar-refractivity contribution < 1.29 is 38.4 Å². The summed E-state index contributed by atoms with van der Waals surface area (Å²) < 4.78 is 26.2. The Kier molecular flexibility index (Phi) is 12.9. The first-order valence-electron chi connectivity index (χ1n) is 18.7. The van der Waals surface area contributed by atoms with Gasteiger partial charge in [-0.3, -0.25) is 9.59 Å². The predicted octanol–water partition coefficient (Wildman–Crippen LogP) is 6.38. The average molecular weight is 845 g/mol. The number of esters is 1. The van der Waals surface area contributed by atoms with Gasteiger partial charge in [0.2, 0.25) is 11.9 Å². The number of aliphatic carboxylic acids is 1. The molecule has 8 rings (SSSR count). The van der Waals surface area contributed by atoms with E-state index in [1.165, 1.54) is 29.8 Å². The van der Waals surface area contributed by atoms with Gasteiger partial charge in [0.05, 0.1) is 58.4 Å². The summed E-state index contributed by atoms with van der Waals surface area (Å²) in [5.41, 5.74) is 6.48. The molecule has 0 spiro atoms. The number of hydrogen-bond acceptors (Lipinski definition) is 19. The molecule has 6 heterocycles. The Labute approximate surface area is 347 Å². The number of thiazole rings is 2. The lowest BCUT2D eigenvalue weighted by Gasteiger charge is -2.30. The molecule has 0 saturated carbocycles. The van der Waals surface area contributed by atoms with Crippen molar-refractivity contribution in [2.24, 2.45) is 11.8 Å². The molecular formula is C39H44N10O8S2. The number of carboxylic acids is 1. The number of carbonyl (C=O) groups excluding carboxylic acids is 1. The molecule has 0 atom stereocenters. The number of anilines is 6. The molecule has 310 valence electrons. The number of carbonyl (C=O) groups is 2. The predicted molar refractivity (Wildman–Crippen MR) is 226 cm³/mol. The second kappa shape index (κ2) is 18.5. The number of hydrogen-bond donors (Lipinski definition) is 3. The monoisotopic (exact) mass is 844 g/mol. The zero-order valence-electron chi connectivity index (χ0n) is 33.1. The van der Waals surface area contributed by atoms with Crippen LogP contribution in [0.15, 0.2) is 47.4 Å². The number of fused-ring (bicyclic) bond motifs is 2. The van der Waals surface area contributed by atoms with Crippen molar-refractivity contribution in [3.63, 3.8) is 0 Å². The fraction of sp³-hybridized carbons (Fsp3) is 0.385. The number of carboxylic acid groups (broad SMARTS) is 1. The Morgan fingerprint density at radius 1 is 0.627 bits per heavy atom. The van der Waals surface area contributed by atoms with Gasteiger partial charge in [-0.15, -0.1) is 22.7 Å². The number of ether oxygens (including phenoxy) is 5. The lowest BCUT2D eigenvalue weighted by Crippen LogP contribution is -2.37. The highest BCUT2D eigenvalue weighted by atomic mass is 32.1. The molecule has 0 radical (unpaired) electrons. The topological polar surface area (TPSA) is 208 Å². The zero-order valence-corrected chi connectivity index (χ0v) is 34.8. The van der Waals surface area contributed by atoms with Crippen molar-refractivity contribution in [3.8, 4) is 23.0 Å². The van der Waals surface area contributed by atoms with E-state index in [9.17, 15) is 14.7 Å². The van der Waals surface area contributed by atoms with Crippen LogP contribution in [0.25, 0.3) is 20.7 Å². The number of rotatable bonds is 12. The van der Waals surface area contributed by atoms with E-state index in [0.717, 1.165) is 33.9 Å². The molecule has 0 amide bonds. The summed E-state index contributed by atoms with van der Waals surface area (Å²) in [5, 5.41) is 15.8. The molecular weight excluding hydrogens is 801 g/mol. The first kappa shape index (κ1) is 40.9. The molecule has 0 unspecified atom stereocenters. The number of benzene rings is 2. The van der Waals surface area contributed by atoms with E-state index < -0.39 is 5.97 Å². The molecule has 4 aromatic heterocycles. The van der Waals surface area contributed by atoms with E-state index in [2.05, 4.69) is 40.5 Å². The first-order valence-corrected chi connectivity index (χ1v) is 20.5. The smallest absolute Gasteiger partial charge is 0.308 e. The van der Waals surface area contributed by atoms with E-state index >= 15 is 0 Å². The van der Waals surface area contributed by atoms with Crippen LogP contribution in [0.5, 0.6) is 23.0 Å². The summed E-state index contributed by atoms with van der Waals surface area (Å²) >= 11 is 2.91. The third-order valence-electron chi connectivity index (χ3n) is 10.1. The van der Waals surface area contributed by atoms with Crippen LogP contribution < -0.4 is 39.4 Å². The summed E-state index contributed by atoms with van der Waals surface area (Å²) in [7, 11) is 7.81. The van der Waals surface area contributed by atoms with Crippen molar-refractivity contribution in [2.75, 3.05) is 82.2 Å². The van der Waals surface area contributed by atoms with Crippen molar-refractivity contribution >= 4 is 90.2 Å². The van der Waals surface area contributed by atoms with Crippen LogP contribution in [0.3, 0.4) is 0 Å². The van der Waals surface area contributed by atoms with Gasteiger partial charge >= 0.3 is 11.9 Å². The summed E-state index contributed by atoms with van der Waals surface area (Å²) in [5.74, 6) is 3.69. The van der Waals surface area contributed by atoms with Gasteiger partial charge in [-0.05, 0) is 49.9 Å². The quantitative estimate of drug-likeness (QED) is 0.114. The van der Waals surface area contributed by atoms with Crippen molar-refractivity contribution in [1.29, 1.82) is 0 Å². The summed E-state index contributed by atoms with van der Waals surface area (Å²) in [6.07, 6.45) is 2.60. The van der Waals surface area contributed by atoms with Gasteiger partial charge in [-0.25, -0.2) is 9.97 Å². The maximum atomic E-state index is 11.8. The molecule has 0 aliphatic carbocycles. The Balaban J connectivity index is 0.000000179. The van der Waals surface area contributed by atoms with E-state index in [4.69, 9.17) is 28.7 Å². The Bertz CT molecular complexity index is 2410. The van der Waals surface area contributed by atoms with Crippen molar-refractivity contribution in [1.82, 2.24) is 29.9 Å². The van der Waals surface area contributed by atoms with E-state index in [-0.39, 0.29) is 17.8 Å². The molecule has 0 bridgehead atoms. The summed E-state index contributed by atoms with van der Waals surface area (Å²) in [6.45, 7) is 2.61. The van der Waals surface area contributed by atoms with Gasteiger partial charge in [0.1, 0.15) is 11.0 Å². The van der Waals surface area contributed by atoms with Gasteiger partial charge in [0.25, 0.3) is 0 Å². The molecule has 2 aromatic carbocycles. The minimum atomic E-state index is -0.737. The van der Waals surface area contributed by atoms with Crippen LogP contribution in [0.1, 0.15) is 25.7 Å². The Morgan fingerprint density at radius 2 is 1.05 bits per heavy atom. The number of methoxy groups -OCH3 is 5. The molecule has 2 saturated heterocycles. The fourth-order valence-corrected chi connectivity index (χ4v) is 8.17. The maximum Gasteiger partial charge on any atom is 0.308 e. The third-order valence-corrected chi connectivity index (χ3v) is 11.5. The normalized spacial score (nSPS) is 14.7. The molecule has 6 aromatic rings. The lowest BCUT2D eigenvalue weighted by atomic mass is 9.97. The maximum absolute atomic E-state index is 11.8. The fourth-order valence-electron chi connectivity index (χ4n) is 6.87. The number of aromatic nitrogens is 6. The number of nitrogens with one attached hydrogen (secondary N) is 2. The van der Waals surface area contributed by atoms with E-state index in [1.807, 2.05) is 41.3 Å². The van der Waals surface area contributed by atoms with Gasteiger partial charge in [0, 0.05) is 49.7 Å². The standard InChI is InChI=1S/C20H23N5O4S.C19H21N5O4S/c1-27-14-5-4-13(10-15(14)28-2)22-17-16-18(30-11-21-16)24-20(23-17)25-8-6-12(7-9-25)19(26)29-3;1-27-13-4-3-12(9-14(13)28-2)21-16-15-17(29-10-20-15)23-19(22-16)24-7-5-11(6-8-24)18(25)26/h4-5,10-12H,6-9H2,1-3H3,(H,22,23,24);3-4,9-11H,5-8H2,1-2H3,(H,25,26)(H,21,22,23). The average Bonchev–Trinajstić information content (AvgIpc) is 3.97. The first-order chi connectivity index (χ1) is 28.7. The van der Waals surface area contributed by atoms with Crippen LogP contribution in [0, 0.1) is 11.8 Å². The van der Waals surface area contributed by atoms with Gasteiger partial charge < -0.3 is 49.2 Å². The van der Waals surface area contributed by atoms with Crippen molar-refractivity contribution in [3.05, 3.63) is 47.4 Å². The third kappa shape index (κ3) is 9.23. The highest BCUT2D eigenvalue weighted by Gasteiger charge is 2.29. The molecule has 3 N–H and O–H groups in total. The SMILES string of the molecule is COC(=O)C1CCN(c2nc(Nc3ccc(OC)c(OC)c3)c3ncsc3n2)CC1.COc1ccc(Nc2nc(N3CCC(C(=O)O)CC3)nc3scnc23)cc1OC. The zero-order chi connectivity index (χ0) is 41.5. The summed E-state index contributed by atoms with van der Waals surface area (Å²) in [6, 6.07) is 11.1. The Hall–Kier alpha value is -6.28.